The third-order valence-electron chi connectivity index (χ3n) is 7.60. The Kier molecular flexibility index (Phi) is 8.49. The predicted molar refractivity (Wildman–Crippen MR) is 151 cm³/mol. The molecule has 0 saturated carbocycles. The molecule has 2 N–H and O–H groups in total. The molecule has 5 rings (SSSR count). The molecule has 2 fully saturated rings. The number of nitrogens with one attached hydrogen (secondary N) is 2. The van der Waals surface area contributed by atoms with Crippen molar-refractivity contribution in [2.45, 2.75) is 58.0 Å². The molecule has 3 aromatic rings. The topological polar surface area (TPSA) is 96.5 Å². The van der Waals surface area contributed by atoms with Gasteiger partial charge < -0.3 is 20.3 Å². The summed E-state index contributed by atoms with van der Waals surface area (Å²) in [4.78, 5) is 27.1. The molecule has 0 radical (unpaired) electrons. The van der Waals surface area contributed by atoms with E-state index in [1.54, 1.807) is 29.2 Å². The molecule has 3 heterocycles. The van der Waals surface area contributed by atoms with E-state index in [2.05, 4.69) is 20.8 Å². The zero-order valence-corrected chi connectivity index (χ0v) is 23.8. The summed E-state index contributed by atoms with van der Waals surface area (Å²) in [5.41, 5.74) is 2.32. The van der Waals surface area contributed by atoms with Gasteiger partial charge in [-0.2, -0.15) is 10.2 Å². The van der Waals surface area contributed by atoms with Crippen LogP contribution in [-0.2, 0) is 11.3 Å². The molecule has 0 spiro atoms. The molecular weight excluding hydrogens is 547 g/mol. The highest BCUT2D eigenvalue weighted by atomic mass is 19.3. The summed E-state index contributed by atoms with van der Waals surface area (Å²) in [6.45, 7) is 6.37. The summed E-state index contributed by atoms with van der Waals surface area (Å²) < 4.78 is 50.1. The largest absolute Gasteiger partial charge is 0.457 e. The number of amides is 2. The highest BCUT2D eigenvalue weighted by Crippen LogP contribution is 2.33. The minimum atomic E-state index is -3.17. The number of nitrogens with zero attached hydrogens (tertiary/aromatic N) is 3. The Morgan fingerprint density at radius 1 is 1.17 bits per heavy atom. The first kappa shape index (κ1) is 29.5. The molecule has 8 nitrogen and oxygen atoms in total. The number of hydrogen-bond donors (Lipinski definition) is 2. The van der Waals surface area contributed by atoms with Gasteiger partial charge in [-0.1, -0.05) is 20.8 Å². The van der Waals surface area contributed by atoms with Crippen molar-refractivity contribution in [3.63, 3.8) is 0 Å². The maximum absolute atomic E-state index is 15.3. The van der Waals surface area contributed by atoms with E-state index in [0.717, 1.165) is 17.3 Å². The Morgan fingerprint density at radius 3 is 2.55 bits per heavy atom. The number of ether oxygens (including phenoxy) is 1. The molecule has 1 aromatic heterocycles. The summed E-state index contributed by atoms with van der Waals surface area (Å²) in [7, 11) is 0. The number of carbonyl (C=O) groups excluding carboxylic acids is 2. The number of likely N-dealkylation sites (tertiary alicyclic amines) is 1. The smallest absolute Gasteiger partial charge is 0.280 e. The van der Waals surface area contributed by atoms with Crippen molar-refractivity contribution < 1.29 is 27.5 Å². The molecule has 42 heavy (non-hydrogen) atoms. The third kappa shape index (κ3) is 6.56. The molecule has 0 aliphatic carbocycles. The van der Waals surface area contributed by atoms with Crippen molar-refractivity contribution in [1.82, 2.24) is 25.7 Å². The fourth-order valence-corrected chi connectivity index (χ4v) is 5.19. The number of hydrogen-bond acceptors (Lipinski definition) is 6. The number of carbonyl (C=O) groups is 2. The summed E-state index contributed by atoms with van der Waals surface area (Å²) in [5.74, 6) is -4.10. The van der Waals surface area contributed by atoms with Crippen LogP contribution in [0, 0.1) is 11.7 Å². The van der Waals surface area contributed by atoms with Crippen molar-refractivity contribution in [2.75, 3.05) is 19.6 Å². The summed E-state index contributed by atoms with van der Waals surface area (Å²) in [6.07, 6.45) is 0.403. The van der Waals surface area contributed by atoms with Crippen LogP contribution in [0.1, 0.15) is 61.1 Å². The highest BCUT2D eigenvalue weighted by molar-refractivity contribution is 5.95. The van der Waals surface area contributed by atoms with Gasteiger partial charge in [-0.05, 0) is 73.3 Å². The maximum atomic E-state index is 15.3. The Hall–Kier alpha value is -3.99. The fraction of sp³-hybridized carbons (Fsp3) is 0.419. The van der Waals surface area contributed by atoms with Crippen molar-refractivity contribution in [3.05, 3.63) is 71.2 Å². The van der Waals surface area contributed by atoms with Crippen molar-refractivity contribution >= 4 is 11.8 Å². The lowest BCUT2D eigenvalue weighted by Gasteiger charge is -2.32. The molecular formula is C31H34F3N5O3. The molecule has 11 heteroatoms. The lowest BCUT2D eigenvalue weighted by molar-refractivity contribution is -0.128. The second-order valence-corrected chi connectivity index (χ2v) is 11.4. The first-order chi connectivity index (χ1) is 20.0. The number of piperidine rings is 1. The van der Waals surface area contributed by atoms with Crippen molar-refractivity contribution in [2.24, 2.45) is 5.92 Å². The van der Waals surface area contributed by atoms with E-state index in [9.17, 15) is 18.4 Å². The fourth-order valence-electron chi connectivity index (χ4n) is 5.19. The van der Waals surface area contributed by atoms with Crippen LogP contribution in [0.25, 0.3) is 11.3 Å². The van der Waals surface area contributed by atoms with Crippen LogP contribution in [0.2, 0.25) is 0 Å². The van der Waals surface area contributed by atoms with Gasteiger partial charge in [0.2, 0.25) is 5.91 Å². The standard InChI is InChI=1S/C31H34F3N5O3/c1-18(2)25-8-9-26(38-37-25)20-4-6-22(7-5-20)42-27-14-23(30(41)36-28-10-11-35-17-31(28,33)34)24(32)13-21(27)16-39-15-19(3)12-29(39)40/h4-9,13-14,18-19,28,35H,10-12,15-17H2,1-3H3,(H,36,41)/t19-,28+/m0/s1. The van der Waals surface area contributed by atoms with Gasteiger partial charge in [0.25, 0.3) is 11.8 Å². The number of rotatable bonds is 8. The molecule has 2 saturated heterocycles. The van der Waals surface area contributed by atoms with E-state index in [0.29, 0.717) is 36.5 Å². The van der Waals surface area contributed by atoms with E-state index >= 15 is 4.39 Å². The first-order valence-corrected chi connectivity index (χ1v) is 14.1. The van der Waals surface area contributed by atoms with Gasteiger partial charge in [-0.3, -0.25) is 9.59 Å². The number of halogens is 3. The van der Waals surface area contributed by atoms with Gasteiger partial charge in [0.15, 0.2) is 0 Å². The molecule has 2 aromatic carbocycles. The zero-order valence-electron chi connectivity index (χ0n) is 23.8. The van der Waals surface area contributed by atoms with E-state index in [1.807, 2.05) is 32.9 Å². The monoisotopic (exact) mass is 581 g/mol. The molecule has 2 amide bonds. The van der Waals surface area contributed by atoms with Crippen LogP contribution in [0.3, 0.4) is 0 Å². The van der Waals surface area contributed by atoms with E-state index in [-0.39, 0.29) is 36.5 Å². The average molecular weight is 582 g/mol. The minimum Gasteiger partial charge on any atom is -0.457 e. The van der Waals surface area contributed by atoms with E-state index in [4.69, 9.17) is 4.74 Å². The Balaban J connectivity index is 1.41. The first-order valence-electron chi connectivity index (χ1n) is 14.1. The van der Waals surface area contributed by atoms with Crippen molar-refractivity contribution in [1.29, 1.82) is 0 Å². The minimum absolute atomic E-state index is 0.00792. The zero-order chi connectivity index (χ0) is 30.0. The van der Waals surface area contributed by atoms with Crippen LogP contribution in [0.5, 0.6) is 11.5 Å². The Bertz CT molecular complexity index is 1450. The quantitative estimate of drug-likeness (QED) is 0.375. The lowest BCUT2D eigenvalue weighted by atomic mass is 10.0. The Morgan fingerprint density at radius 2 is 1.93 bits per heavy atom. The number of benzene rings is 2. The number of alkyl halides is 2. The number of aromatic nitrogens is 2. The van der Waals surface area contributed by atoms with Gasteiger partial charge in [0.05, 0.1) is 29.5 Å². The third-order valence-corrected chi connectivity index (χ3v) is 7.60. The van der Waals surface area contributed by atoms with Crippen LogP contribution < -0.4 is 15.4 Å². The van der Waals surface area contributed by atoms with Gasteiger partial charge in [-0.15, -0.1) is 0 Å². The molecule has 2 atom stereocenters. The molecule has 0 unspecified atom stereocenters. The Labute approximate surface area is 242 Å². The molecule has 2 aliphatic heterocycles. The molecule has 0 bridgehead atoms. The molecule has 222 valence electrons. The molecule has 2 aliphatic rings. The van der Waals surface area contributed by atoms with Crippen LogP contribution in [0.4, 0.5) is 13.2 Å². The summed E-state index contributed by atoms with van der Waals surface area (Å²) in [5, 5.41) is 13.5. The highest BCUT2D eigenvalue weighted by Gasteiger charge is 2.42. The normalized spacial score (nSPS) is 20.2. The van der Waals surface area contributed by atoms with Crippen LogP contribution >= 0.6 is 0 Å². The average Bonchev–Trinajstić information content (AvgIpc) is 3.27. The van der Waals surface area contributed by atoms with Crippen LogP contribution in [0.15, 0.2) is 48.5 Å². The maximum Gasteiger partial charge on any atom is 0.280 e. The predicted octanol–water partition coefficient (Wildman–Crippen LogP) is 5.29. The second kappa shape index (κ2) is 12.1. The van der Waals surface area contributed by atoms with Gasteiger partial charge in [-0.25, -0.2) is 13.2 Å². The van der Waals surface area contributed by atoms with E-state index in [1.165, 1.54) is 6.07 Å². The summed E-state index contributed by atoms with van der Waals surface area (Å²) >= 11 is 0. The SMILES string of the molecule is CC(C)c1ccc(-c2ccc(Oc3cc(C(=O)N[C@@H]4CCNCC4(F)F)c(F)cc3CN3C[C@@H](C)CC3=O)cc2)nn1. The van der Waals surface area contributed by atoms with E-state index < -0.39 is 35.8 Å². The van der Waals surface area contributed by atoms with Gasteiger partial charge in [0, 0.05) is 30.6 Å². The van der Waals surface area contributed by atoms with Crippen molar-refractivity contribution in [3.8, 4) is 22.8 Å². The van der Waals surface area contributed by atoms with Gasteiger partial charge in [0.1, 0.15) is 17.3 Å². The lowest BCUT2D eigenvalue weighted by Crippen LogP contribution is -2.57. The second-order valence-electron chi connectivity index (χ2n) is 11.4. The van der Waals surface area contributed by atoms with Gasteiger partial charge >= 0.3 is 0 Å². The summed E-state index contributed by atoms with van der Waals surface area (Å²) in [6, 6.07) is 11.8. The van der Waals surface area contributed by atoms with Crippen LogP contribution in [-0.4, -0.2) is 58.5 Å².